The lowest BCUT2D eigenvalue weighted by molar-refractivity contribution is -0.0866. The molecule has 1 atom stereocenters. The second-order valence-electron chi connectivity index (χ2n) is 5.39. The zero-order valence-corrected chi connectivity index (χ0v) is 10.5. The number of rotatable bonds is 2. The second kappa shape index (κ2) is 4.76. The first-order valence-corrected chi connectivity index (χ1v) is 6.73. The van der Waals surface area contributed by atoms with Gasteiger partial charge >= 0.3 is 0 Å². The first-order chi connectivity index (χ1) is 8.79. The molecule has 1 unspecified atom stereocenters. The molecule has 96 valence electrons. The van der Waals surface area contributed by atoms with Crippen molar-refractivity contribution in [3.05, 3.63) is 24.3 Å². The third-order valence-corrected chi connectivity index (χ3v) is 4.21. The van der Waals surface area contributed by atoms with Gasteiger partial charge in [-0.25, -0.2) is 9.97 Å². The minimum absolute atomic E-state index is 0.00833. The van der Waals surface area contributed by atoms with Crippen LogP contribution >= 0.6 is 0 Å². The maximum Gasteiger partial charge on any atom is 0.184 e. The van der Waals surface area contributed by atoms with Gasteiger partial charge in [0.05, 0.1) is 5.60 Å². The zero-order valence-electron chi connectivity index (χ0n) is 10.5. The molecule has 2 fully saturated rings. The van der Waals surface area contributed by atoms with Crippen LogP contribution in [0.15, 0.2) is 18.6 Å². The molecule has 1 aliphatic carbocycles. The summed E-state index contributed by atoms with van der Waals surface area (Å²) in [6.45, 7) is 0.710. The lowest BCUT2D eigenvalue weighted by Crippen LogP contribution is -2.39. The molecule has 1 saturated carbocycles. The number of ketones is 1. The predicted molar refractivity (Wildman–Crippen MR) is 66.2 cm³/mol. The summed E-state index contributed by atoms with van der Waals surface area (Å²) in [5, 5.41) is 0. The van der Waals surface area contributed by atoms with Gasteiger partial charge in [0.1, 0.15) is 12.0 Å². The molecule has 1 saturated heterocycles. The van der Waals surface area contributed by atoms with Gasteiger partial charge in [-0.05, 0) is 31.7 Å². The van der Waals surface area contributed by atoms with Crippen LogP contribution in [0.5, 0.6) is 0 Å². The Balaban J connectivity index is 1.74. The second-order valence-corrected chi connectivity index (χ2v) is 5.39. The molecule has 1 spiro atoms. The van der Waals surface area contributed by atoms with Crippen LogP contribution in [0.2, 0.25) is 0 Å². The summed E-state index contributed by atoms with van der Waals surface area (Å²) in [6, 6.07) is 1.71. The largest absolute Gasteiger partial charge is 0.375 e. The van der Waals surface area contributed by atoms with Crippen LogP contribution in [0.1, 0.15) is 49.0 Å². The monoisotopic (exact) mass is 246 g/mol. The van der Waals surface area contributed by atoms with Crippen molar-refractivity contribution >= 4 is 5.78 Å². The smallest absolute Gasteiger partial charge is 0.184 e. The van der Waals surface area contributed by atoms with Crippen LogP contribution in [0.4, 0.5) is 0 Å². The van der Waals surface area contributed by atoms with E-state index in [0.717, 1.165) is 25.7 Å². The normalized spacial score (nSPS) is 26.3. The molecule has 0 amide bonds. The Morgan fingerprint density at radius 3 is 2.94 bits per heavy atom. The van der Waals surface area contributed by atoms with Crippen molar-refractivity contribution in [3.63, 3.8) is 0 Å². The molecule has 2 heterocycles. The minimum atomic E-state index is -0.00833. The lowest BCUT2D eigenvalue weighted by Gasteiger charge is -2.37. The topological polar surface area (TPSA) is 52.1 Å². The molecule has 0 radical (unpaired) electrons. The van der Waals surface area contributed by atoms with Crippen LogP contribution in [0.3, 0.4) is 0 Å². The van der Waals surface area contributed by atoms with Crippen molar-refractivity contribution in [2.75, 3.05) is 6.61 Å². The molecule has 0 aromatic carbocycles. The van der Waals surface area contributed by atoms with Crippen LogP contribution in [-0.2, 0) is 4.74 Å². The summed E-state index contributed by atoms with van der Waals surface area (Å²) < 4.78 is 5.96. The van der Waals surface area contributed by atoms with Gasteiger partial charge in [0.2, 0.25) is 0 Å². The molecule has 4 nitrogen and oxygen atoms in total. The van der Waals surface area contributed by atoms with Gasteiger partial charge in [-0.2, -0.15) is 0 Å². The van der Waals surface area contributed by atoms with E-state index in [1.165, 1.54) is 19.2 Å². The van der Waals surface area contributed by atoms with E-state index in [2.05, 4.69) is 9.97 Å². The number of Topliss-reactive ketones (excluding diaryl/α,β-unsaturated/α-hetero) is 1. The lowest BCUT2D eigenvalue weighted by atomic mass is 9.81. The molecule has 1 aromatic heterocycles. The average Bonchev–Trinajstić information content (AvgIpc) is 2.87. The zero-order chi connectivity index (χ0) is 12.4. The third-order valence-electron chi connectivity index (χ3n) is 4.21. The molecule has 1 aliphatic heterocycles. The molecular formula is C14H18N2O2. The van der Waals surface area contributed by atoms with E-state index < -0.39 is 0 Å². The summed E-state index contributed by atoms with van der Waals surface area (Å²) in [5.74, 6) is 0.235. The van der Waals surface area contributed by atoms with Crippen molar-refractivity contribution in [1.29, 1.82) is 0 Å². The van der Waals surface area contributed by atoms with Gasteiger partial charge in [0, 0.05) is 18.7 Å². The van der Waals surface area contributed by atoms with Gasteiger partial charge in [-0.1, -0.05) is 12.8 Å². The Morgan fingerprint density at radius 1 is 1.39 bits per heavy atom. The fourth-order valence-electron chi connectivity index (χ4n) is 3.26. The first kappa shape index (κ1) is 11.8. The van der Waals surface area contributed by atoms with Gasteiger partial charge in [-0.3, -0.25) is 4.79 Å². The highest BCUT2D eigenvalue weighted by molar-refractivity contribution is 5.96. The van der Waals surface area contributed by atoms with E-state index in [1.54, 1.807) is 12.3 Å². The Hall–Kier alpha value is -1.29. The molecule has 18 heavy (non-hydrogen) atoms. The van der Waals surface area contributed by atoms with E-state index >= 15 is 0 Å². The van der Waals surface area contributed by atoms with Crippen molar-refractivity contribution in [3.8, 4) is 0 Å². The molecule has 3 rings (SSSR count). The van der Waals surface area contributed by atoms with Crippen molar-refractivity contribution in [2.24, 2.45) is 5.92 Å². The number of carbonyl (C=O) groups excluding carboxylic acids is 1. The molecule has 1 aromatic rings. The highest BCUT2D eigenvalue weighted by Crippen LogP contribution is 2.42. The van der Waals surface area contributed by atoms with Crippen LogP contribution in [0, 0.1) is 5.92 Å². The SMILES string of the molecule is O=C(c1ccncn1)C1CCOC2(CCCC2)C1. The van der Waals surface area contributed by atoms with Crippen molar-refractivity contribution in [1.82, 2.24) is 9.97 Å². The maximum absolute atomic E-state index is 12.4. The fourth-order valence-corrected chi connectivity index (χ4v) is 3.26. The fraction of sp³-hybridized carbons (Fsp3) is 0.643. The Morgan fingerprint density at radius 2 is 2.22 bits per heavy atom. The number of ether oxygens (including phenoxy) is 1. The maximum atomic E-state index is 12.4. The number of carbonyl (C=O) groups is 1. The first-order valence-electron chi connectivity index (χ1n) is 6.73. The summed E-state index contributed by atoms with van der Waals surface area (Å²) in [6.07, 6.45) is 9.45. The molecule has 2 aliphatic rings. The standard InChI is InChI=1S/C14H18N2O2/c17-13(12-3-7-15-10-16-12)11-4-8-18-14(9-11)5-1-2-6-14/h3,7,10-11H,1-2,4-6,8-9H2. The average molecular weight is 246 g/mol. The van der Waals surface area contributed by atoms with Crippen molar-refractivity contribution in [2.45, 2.75) is 44.1 Å². The highest BCUT2D eigenvalue weighted by Gasteiger charge is 2.42. The minimum Gasteiger partial charge on any atom is -0.375 e. The van der Waals surface area contributed by atoms with E-state index in [4.69, 9.17) is 4.74 Å². The van der Waals surface area contributed by atoms with E-state index in [0.29, 0.717) is 12.3 Å². The summed E-state index contributed by atoms with van der Waals surface area (Å²) in [7, 11) is 0. The molecule has 0 bridgehead atoms. The Labute approximate surface area is 107 Å². The predicted octanol–water partition coefficient (Wildman–Crippen LogP) is 2.40. The number of nitrogens with zero attached hydrogens (tertiary/aromatic N) is 2. The highest BCUT2D eigenvalue weighted by atomic mass is 16.5. The summed E-state index contributed by atoms with van der Waals surface area (Å²) >= 11 is 0. The Kier molecular flexibility index (Phi) is 3.12. The van der Waals surface area contributed by atoms with E-state index in [1.807, 2.05) is 0 Å². The summed E-state index contributed by atoms with van der Waals surface area (Å²) in [5.41, 5.74) is 0.538. The van der Waals surface area contributed by atoms with E-state index in [9.17, 15) is 4.79 Å². The van der Waals surface area contributed by atoms with Gasteiger partial charge in [-0.15, -0.1) is 0 Å². The number of hydrogen-bond acceptors (Lipinski definition) is 4. The molecule has 4 heteroatoms. The number of aromatic nitrogens is 2. The van der Waals surface area contributed by atoms with Crippen LogP contribution in [-0.4, -0.2) is 28.0 Å². The van der Waals surface area contributed by atoms with Gasteiger partial charge in [0.15, 0.2) is 5.78 Å². The van der Waals surface area contributed by atoms with Gasteiger partial charge < -0.3 is 4.74 Å². The third kappa shape index (κ3) is 2.17. The molecule has 0 N–H and O–H groups in total. The van der Waals surface area contributed by atoms with E-state index in [-0.39, 0.29) is 17.3 Å². The van der Waals surface area contributed by atoms with Gasteiger partial charge in [0.25, 0.3) is 0 Å². The molecular weight excluding hydrogens is 228 g/mol. The van der Waals surface area contributed by atoms with Crippen molar-refractivity contribution < 1.29 is 9.53 Å². The summed E-state index contributed by atoms with van der Waals surface area (Å²) in [4.78, 5) is 20.3. The van der Waals surface area contributed by atoms with Crippen LogP contribution in [0.25, 0.3) is 0 Å². The number of hydrogen-bond donors (Lipinski definition) is 0. The van der Waals surface area contributed by atoms with Crippen LogP contribution < -0.4 is 0 Å². The quantitative estimate of drug-likeness (QED) is 0.752. The Bertz CT molecular complexity index is 427.